The zero-order chi connectivity index (χ0) is 13.7. The van der Waals surface area contributed by atoms with Crippen LogP contribution < -0.4 is 5.73 Å². The van der Waals surface area contributed by atoms with Gasteiger partial charge in [-0.15, -0.1) is 0 Å². The maximum absolute atomic E-state index is 6.20. The Kier molecular flexibility index (Phi) is 5.63. The van der Waals surface area contributed by atoms with E-state index in [1.807, 2.05) is 0 Å². The third-order valence-corrected chi connectivity index (χ3v) is 4.97. The molecule has 2 aliphatic heterocycles. The molecule has 0 aromatic rings. The summed E-state index contributed by atoms with van der Waals surface area (Å²) >= 11 is 0. The molecule has 4 nitrogen and oxygen atoms in total. The zero-order valence-corrected chi connectivity index (χ0v) is 12.7. The summed E-state index contributed by atoms with van der Waals surface area (Å²) in [5.41, 5.74) is 6.43. The fraction of sp³-hybridized carbons (Fsp3) is 1.00. The lowest BCUT2D eigenvalue weighted by Gasteiger charge is -2.47. The quantitative estimate of drug-likeness (QED) is 0.835. The number of hydrogen-bond donors (Lipinski definition) is 1. The van der Waals surface area contributed by atoms with Crippen LogP contribution in [0.4, 0.5) is 0 Å². The second-order valence-electron chi connectivity index (χ2n) is 6.25. The minimum absolute atomic E-state index is 0.223. The SMILES string of the molecule is CCOC1CCCN(C2(CN)CCCN(C)CC2)C1. The van der Waals surface area contributed by atoms with Crippen LogP contribution in [0.25, 0.3) is 0 Å². The molecule has 2 heterocycles. The zero-order valence-electron chi connectivity index (χ0n) is 12.7. The second-order valence-corrected chi connectivity index (χ2v) is 6.25. The van der Waals surface area contributed by atoms with Gasteiger partial charge in [0.25, 0.3) is 0 Å². The fourth-order valence-electron chi connectivity index (χ4n) is 3.70. The third kappa shape index (κ3) is 3.69. The number of likely N-dealkylation sites (tertiary alicyclic amines) is 2. The Morgan fingerprint density at radius 2 is 2.05 bits per heavy atom. The first kappa shape index (κ1) is 15.2. The van der Waals surface area contributed by atoms with Crippen molar-refractivity contribution in [3.8, 4) is 0 Å². The summed E-state index contributed by atoms with van der Waals surface area (Å²) < 4.78 is 5.85. The van der Waals surface area contributed by atoms with Crippen molar-refractivity contribution >= 4 is 0 Å². The van der Waals surface area contributed by atoms with Gasteiger partial charge in [-0.2, -0.15) is 0 Å². The topological polar surface area (TPSA) is 41.7 Å². The molecule has 0 amide bonds. The van der Waals surface area contributed by atoms with Gasteiger partial charge in [-0.3, -0.25) is 4.90 Å². The number of rotatable bonds is 4. The van der Waals surface area contributed by atoms with Gasteiger partial charge < -0.3 is 15.4 Å². The number of nitrogens with zero attached hydrogens (tertiary/aromatic N) is 2. The normalized spacial score (nSPS) is 35.2. The van der Waals surface area contributed by atoms with Gasteiger partial charge in [0.1, 0.15) is 0 Å². The molecule has 0 aromatic heterocycles. The van der Waals surface area contributed by atoms with Crippen molar-refractivity contribution in [1.82, 2.24) is 9.80 Å². The number of piperidine rings is 1. The molecule has 0 bridgehead atoms. The molecule has 2 saturated heterocycles. The van der Waals surface area contributed by atoms with Crippen molar-refractivity contribution < 1.29 is 4.74 Å². The van der Waals surface area contributed by atoms with Crippen molar-refractivity contribution in [3.63, 3.8) is 0 Å². The first-order valence-electron chi connectivity index (χ1n) is 7.95. The fourth-order valence-corrected chi connectivity index (χ4v) is 3.70. The summed E-state index contributed by atoms with van der Waals surface area (Å²) in [7, 11) is 2.23. The van der Waals surface area contributed by atoms with Crippen LogP contribution in [0.2, 0.25) is 0 Å². The van der Waals surface area contributed by atoms with Gasteiger partial charge >= 0.3 is 0 Å². The van der Waals surface area contributed by atoms with Gasteiger partial charge in [-0.1, -0.05) is 0 Å². The molecule has 0 aliphatic carbocycles. The van der Waals surface area contributed by atoms with E-state index in [-0.39, 0.29) is 5.54 Å². The van der Waals surface area contributed by atoms with Crippen LogP contribution in [-0.2, 0) is 4.74 Å². The summed E-state index contributed by atoms with van der Waals surface area (Å²) in [6.07, 6.45) is 6.60. The maximum atomic E-state index is 6.20. The molecule has 0 radical (unpaired) electrons. The minimum atomic E-state index is 0.223. The molecule has 2 fully saturated rings. The predicted octanol–water partition coefficient (Wildman–Crippen LogP) is 1.30. The first-order chi connectivity index (χ1) is 9.20. The lowest BCUT2D eigenvalue weighted by molar-refractivity contribution is -0.0368. The molecule has 2 aliphatic rings. The Balaban J connectivity index is 2.02. The van der Waals surface area contributed by atoms with Crippen molar-refractivity contribution in [2.45, 2.75) is 50.7 Å². The smallest absolute Gasteiger partial charge is 0.0702 e. The number of nitrogens with two attached hydrogens (primary N) is 1. The van der Waals surface area contributed by atoms with E-state index in [2.05, 4.69) is 23.8 Å². The Labute approximate surface area is 118 Å². The maximum Gasteiger partial charge on any atom is 0.0702 e. The van der Waals surface area contributed by atoms with Crippen molar-refractivity contribution in [2.24, 2.45) is 5.73 Å². The van der Waals surface area contributed by atoms with E-state index in [1.165, 1.54) is 51.7 Å². The average molecular weight is 269 g/mol. The highest BCUT2D eigenvalue weighted by atomic mass is 16.5. The molecule has 112 valence electrons. The Morgan fingerprint density at radius 3 is 2.79 bits per heavy atom. The molecule has 2 unspecified atom stereocenters. The van der Waals surface area contributed by atoms with Crippen LogP contribution in [0.15, 0.2) is 0 Å². The standard InChI is InChI=1S/C15H31N3O/c1-3-19-14-6-4-10-18(12-14)15(13-16)7-5-9-17(2)11-8-15/h14H,3-13,16H2,1-2H3. The van der Waals surface area contributed by atoms with E-state index in [0.29, 0.717) is 6.10 Å². The number of ether oxygens (including phenoxy) is 1. The van der Waals surface area contributed by atoms with Crippen LogP contribution in [-0.4, -0.2) is 67.8 Å². The van der Waals surface area contributed by atoms with E-state index in [0.717, 1.165) is 19.7 Å². The van der Waals surface area contributed by atoms with Crippen molar-refractivity contribution in [1.29, 1.82) is 0 Å². The summed E-state index contributed by atoms with van der Waals surface area (Å²) in [6.45, 7) is 8.38. The summed E-state index contributed by atoms with van der Waals surface area (Å²) in [6, 6.07) is 0. The average Bonchev–Trinajstić information content (AvgIpc) is 2.62. The van der Waals surface area contributed by atoms with Crippen molar-refractivity contribution in [2.75, 3.05) is 46.4 Å². The van der Waals surface area contributed by atoms with Crippen molar-refractivity contribution in [3.05, 3.63) is 0 Å². The highest BCUT2D eigenvalue weighted by Crippen LogP contribution is 2.31. The lowest BCUT2D eigenvalue weighted by atomic mass is 9.86. The predicted molar refractivity (Wildman–Crippen MR) is 79.4 cm³/mol. The van der Waals surface area contributed by atoms with E-state index < -0.39 is 0 Å². The van der Waals surface area contributed by atoms with Gasteiger partial charge in [0.05, 0.1) is 6.10 Å². The minimum Gasteiger partial charge on any atom is -0.377 e. The van der Waals surface area contributed by atoms with E-state index in [9.17, 15) is 0 Å². The molecule has 2 N–H and O–H groups in total. The molecule has 4 heteroatoms. The van der Waals surface area contributed by atoms with Crippen LogP contribution in [0.5, 0.6) is 0 Å². The van der Waals surface area contributed by atoms with Gasteiger partial charge in [0.2, 0.25) is 0 Å². The molecule has 0 spiro atoms. The number of hydrogen-bond acceptors (Lipinski definition) is 4. The van der Waals surface area contributed by atoms with Crippen LogP contribution in [0.3, 0.4) is 0 Å². The molecule has 0 aromatic carbocycles. The Hall–Kier alpha value is -0.160. The molecule has 2 rings (SSSR count). The van der Waals surface area contributed by atoms with Gasteiger partial charge in [-0.05, 0) is 65.7 Å². The largest absolute Gasteiger partial charge is 0.377 e. The van der Waals surface area contributed by atoms with E-state index >= 15 is 0 Å². The van der Waals surface area contributed by atoms with Crippen LogP contribution in [0.1, 0.15) is 39.0 Å². The highest BCUT2D eigenvalue weighted by Gasteiger charge is 2.38. The summed E-state index contributed by atoms with van der Waals surface area (Å²) in [5.74, 6) is 0. The molecular weight excluding hydrogens is 238 g/mol. The second kappa shape index (κ2) is 7.02. The monoisotopic (exact) mass is 269 g/mol. The highest BCUT2D eigenvalue weighted by molar-refractivity contribution is 4.96. The Morgan fingerprint density at radius 1 is 1.21 bits per heavy atom. The van der Waals surface area contributed by atoms with Gasteiger partial charge in [0, 0.05) is 25.2 Å². The lowest BCUT2D eigenvalue weighted by Crippen LogP contribution is -2.58. The molecular formula is C15H31N3O. The Bertz CT molecular complexity index is 272. The van der Waals surface area contributed by atoms with E-state index in [1.54, 1.807) is 0 Å². The summed E-state index contributed by atoms with van der Waals surface area (Å²) in [5, 5.41) is 0. The summed E-state index contributed by atoms with van der Waals surface area (Å²) in [4.78, 5) is 5.09. The molecule has 19 heavy (non-hydrogen) atoms. The molecule has 2 atom stereocenters. The van der Waals surface area contributed by atoms with Gasteiger partial charge in [-0.25, -0.2) is 0 Å². The van der Waals surface area contributed by atoms with Gasteiger partial charge in [0.15, 0.2) is 0 Å². The van der Waals surface area contributed by atoms with Crippen LogP contribution >= 0.6 is 0 Å². The van der Waals surface area contributed by atoms with Crippen LogP contribution in [0, 0.1) is 0 Å². The molecule has 0 saturated carbocycles. The third-order valence-electron chi connectivity index (χ3n) is 4.97. The van der Waals surface area contributed by atoms with E-state index in [4.69, 9.17) is 10.5 Å². The first-order valence-corrected chi connectivity index (χ1v) is 7.95.